The first kappa shape index (κ1) is 19.2. The minimum absolute atomic E-state index is 0.0616. The van der Waals surface area contributed by atoms with E-state index in [9.17, 15) is 9.59 Å². The number of rotatable bonds is 4. The van der Waals surface area contributed by atoms with Crippen LogP contribution in [-0.2, 0) is 16.1 Å². The van der Waals surface area contributed by atoms with Crippen molar-refractivity contribution in [2.75, 3.05) is 7.11 Å². The van der Waals surface area contributed by atoms with E-state index < -0.39 is 17.7 Å². The second-order valence-electron chi connectivity index (χ2n) is 5.93. The number of aromatic nitrogens is 1. The van der Waals surface area contributed by atoms with Gasteiger partial charge in [-0.25, -0.2) is 5.01 Å². The zero-order chi connectivity index (χ0) is 20.3. The van der Waals surface area contributed by atoms with Crippen LogP contribution in [0.4, 0.5) is 0 Å². The Hall–Kier alpha value is -3.55. The third-order valence-electron chi connectivity index (χ3n) is 4.16. The van der Waals surface area contributed by atoms with Crippen LogP contribution in [0, 0.1) is 23.2 Å². The van der Waals surface area contributed by atoms with E-state index in [1.165, 1.54) is 18.3 Å². The Morgan fingerprint density at radius 3 is 2.71 bits per heavy atom. The number of hydrogen-bond donors (Lipinski definition) is 1. The normalized spacial score (nSPS) is 15.5. The average molecular weight is 395 g/mol. The predicted molar refractivity (Wildman–Crippen MR) is 101 cm³/mol. The van der Waals surface area contributed by atoms with Crippen molar-refractivity contribution in [2.24, 2.45) is 0 Å². The number of nitriles is 1. The van der Waals surface area contributed by atoms with Gasteiger partial charge >= 0.3 is 0 Å². The number of amides is 2. The molecule has 1 unspecified atom stereocenters. The van der Waals surface area contributed by atoms with Gasteiger partial charge in [0.15, 0.2) is 5.92 Å². The summed E-state index contributed by atoms with van der Waals surface area (Å²) in [5.41, 5.74) is 4.40. The monoisotopic (exact) mass is 394 g/mol. The largest absolute Gasteiger partial charge is 0.496 e. The Labute approximate surface area is 166 Å². The number of pyridine rings is 1. The third-order valence-corrected chi connectivity index (χ3v) is 4.48. The van der Waals surface area contributed by atoms with Crippen molar-refractivity contribution in [1.29, 1.82) is 5.26 Å². The fraction of sp³-hybridized carbons (Fsp3) is 0.200. The quantitative estimate of drug-likeness (QED) is 0.633. The number of hydrogen-bond acceptors (Lipinski definition) is 5. The zero-order valence-corrected chi connectivity index (χ0v) is 15.9. The first-order valence-corrected chi connectivity index (χ1v) is 8.63. The summed E-state index contributed by atoms with van der Waals surface area (Å²) in [7, 11) is 1.44. The summed E-state index contributed by atoms with van der Waals surface area (Å²) in [6.07, 6.45) is 1.41. The van der Waals surface area contributed by atoms with Crippen LogP contribution in [0.2, 0.25) is 5.02 Å². The second-order valence-corrected chi connectivity index (χ2v) is 6.34. The molecule has 1 aliphatic rings. The molecular formula is C20H15ClN4O3. The fourth-order valence-electron chi connectivity index (χ4n) is 2.90. The molecule has 1 aliphatic heterocycles. The van der Waals surface area contributed by atoms with Crippen LogP contribution in [0.1, 0.15) is 35.2 Å². The first-order valence-electron chi connectivity index (χ1n) is 8.25. The second kappa shape index (κ2) is 7.99. The molecule has 1 aromatic heterocycles. The number of carbonyl (C=O) groups excluding carboxylic acids is 2. The summed E-state index contributed by atoms with van der Waals surface area (Å²) in [5, 5.41) is 10.2. The maximum absolute atomic E-state index is 12.9. The van der Waals surface area contributed by atoms with Crippen molar-refractivity contribution < 1.29 is 14.3 Å². The van der Waals surface area contributed by atoms with Crippen molar-refractivity contribution in [1.82, 2.24) is 15.4 Å². The number of hydrazine groups is 1. The van der Waals surface area contributed by atoms with Gasteiger partial charge in [-0.15, -0.1) is 5.92 Å². The van der Waals surface area contributed by atoms with Crippen molar-refractivity contribution in [2.45, 2.75) is 19.4 Å². The van der Waals surface area contributed by atoms with Crippen molar-refractivity contribution in [3.05, 3.63) is 57.9 Å². The molecule has 2 heterocycles. The molecule has 0 radical (unpaired) electrons. The number of carbonyl (C=O) groups is 2. The standard InChI is InChI=1S/C20H15ClN4O3/c1-3-4-12-7-15(21)17(16(8-12)28-2)18-19(26)24-25(20(18)27)11-14-6-5-13(9-22)10-23-14/h5-8,10,18H,11H2,1-2H3,(H,24,26). The van der Waals surface area contributed by atoms with E-state index in [1.807, 2.05) is 6.07 Å². The molecule has 1 N–H and O–H groups in total. The number of methoxy groups -OCH3 is 1. The Morgan fingerprint density at radius 1 is 1.32 bits per heavy atom. The van der Waals surface area contributed by atoms with Gasteiger partial charge in [-0.2, -0.15) is 5.26 Å². The molecule has 0 saturated carbocycles. The summed E-state index contributed by atoms with van der Waals surface area (Å²) in [6, 6.07) is 8.43. The number of ether oxygens (including phenoxy) is 1. The summed E-state index contributed by atoms with van der Waals surface area (Å²) < 4.78 is 5.36. The number of nitrogens with one attached hydrogen (secondary N) is 1. The van der Waals surface area contributed by atoms with Gasteiger partial charge in [0.1, 0.15) is 11.8 Å². The van der Waals surface area contributed by atoms with E-state index in [1.54, 1.807) is 31.2 Å². The predicted octanol–water partition coefficient (Wildman–Crippen LogP) is 2.14. The van der Waals surface area contributed by atoms with Gasteiger partial charge in [0.2, 0.25) is 0 Å². The highest BCUT2D eigenvalue weighted by Gasteiger charge is 2.43. The summed E-state index contributed by atoms with van der Waals surface area (Å²) in [6.45, 7) is 1.75. The van der Waals surface area contributed by atoms with E-state index >= 15 is 0 Å². The maximum atomic E-state index is 12.9. The molecule has 3 rings (SSSR count). The summed E-state index contributed by atoms with van der Waals surface area (Å²) >= 11 is 6.36. The molecule has 1 aromatic carbocycles. The van der Waals surface area contributed by atoms with E-state index in [0.29, 0.717) is 28.1 Å². The van der Waals surface area contributed by atoms with Gasteiger partial charge in [-0.1, -0.05) is 17.5 Å². The molecule has 28 heavy (non-hydrogen) atoms. The smallest absolute Gasteiger partial charge is 0.258 e. The maximum Gasteiger partial charge on any atom is 0.258 e. The third kappa shape index (κ3) is 3.62. The fourth-order valence-corrected chi connectivity index (χ4v) is 3.22. The SMILES string of the molecule is CC#Cc1cc(Cl)c(C2C(=O)NN(Cc3ccc(C#N)cn3)C2=O)c(OC)c1. The van der Waals surface area contributed by atoms with Crippen LogP contribution in [0.3, 0.4) is 0 Å². The molecule has 7 nitrogen and oxygen atoms in total. The van der Waals surface area contributed by atoms with Crippen molar-refractivity contribution >= 4 is 23.4 Å². The van der Waals surface area contributed by atoms with E-state index in [4.69, 9.17) is 21.6 Å². The first-order chi connectivity index (χ1) is 13.5. The molecule has 2 amide bonds. The van der Waals surface area contributed by atoms with Crippen molar-refractivity contribution in [3.63, 3.8) is 0 Å². The van der Waals surface area contributed by atoms with Crippen LogP contribution in [0.15, 0.2) is 30.5 Å². The van der Waals surface area contributed by atoms with Crippen molar-refractivity contribution in [3.8, 4) is 23.7 Å². The summed E-state index contributed by atoms with van der Waals surface area (Å²) in [4.78, 5) is 29.6. The molecule has 8 heteroatoms. The lowest BCUT2D eigenvalue weighted by Crippen LogP contribution is -2.35. The Morgan fingerprint density at radius 2 is 2.11 bits per heavy atom. The zero-order valence-electron chi connectivity index (χ0n) is 15.1. The Balaban J connectivity index is 1.91. The topological polar surface area (TPSA) is 95.3 Å². The van der Waals surface area contributed by atoms with Crippen LogP contribution < -0.4 is 10.2 Å². The van der Waals surface area contributed by atoms with Gasteiger partial charge < -0.3 is 4.74 Å². The molecular weight excluding hydrogens is 380 g/mol. The molecule has 1 saturated heterocycles. The van der Waals surface area contributed by atoms with E-state index in [2.05, 4.69) is 22.3 Å². The lowest BCUT2D eigenvalue weighted by Gasteiger charge is -2.16. The highest BCUT2D eigenvalue weighted by molar-refractivity contribution is 6.32. The molecule has 1 atom stereocenters. The molecule has 0 aliphatic carbocycles. The van der Waals surface area contributed by atoms with Crippen LogP contribution in [0.5, 0.6) is 5.75 Å². The molecule has 140 valence electrons. The lowest BCUT2D eigenvalue weighted by molar-refractivity contribution is -0.131. The van der Waals surface area contributed by atoms with E-state index in [-0.39, 0.29) is 11.6 Å². The average Bonchev–Trinajstić information content (AvgIpc) is 2.95. The lowest BCUT2D eigenvalue weighted by atomic mass is 9.96. The van der Waals surface area contributed by atoms with E-state index in [0.717, 1.165) is 0 Å². The van der Waals surface area contributed by atoms with Crippen LogP contribution in [-0.4, -0.2) is 28.9 Å². The van der Waals surface area contributed by atoms with Gasteiger partial charge in [-0.05, 0) is 31.2 Å². The van der Waals surface area contributed by atoms with Crippen LogP contribution in [0.25, 0.3) is 0 Å². The highest BCUT2D eigenvalue weighted by atomic mass is 35.5. The summed E-state index contributed by atoms with van der Waals surface area (Å²) in [5.74, 6) is 3.85. The number of benzene rings is 1. The van der Waals surface area contributed by atoms with Gasteiger partial charge in [0.05, 0.1) is 29.9 Å². The molecule has 2 aromatic rings. The minimum atomic E-state index is -1.13. The Bertz CT molecular complexity index is 1050. The molecule has 0 spiro atoms. The van der Waals surface area contributed by atoms with Crippen LogP contribution >= 0.6 is 11.6 Å². The van der Waals surface area contributed by atoms with Gasteiger partial charge in [0, 0.05) is 17.3 Å². The number of halogens is 1. The minimum Gasteiger partial charge on any atom is -0.496 e. The molecule has 1 fully saturated rings. The number of nitrogens with zero attached hydrogens (tertiary/aromatic N) is 3. The Kier molecular flexibility index (Phi) is 5.49. The highest BCUT2D eigenvalue weighted by Crippen LogP contribution is 2.37. The van der Waals surface area contributed by atoms with Gasteiger partial charge in [0.25, 0.3) is 11.8 Å². The molecule has 0 bridgehead atoms. The van der Waals surface area contributed by atoms with Gasteiger partial charge in [-0.3, -0.25) is 20.0 Å².